The normalized spacial score (nSPS) is 17.2. The average Bonchev–Trinajstić information content (AvgIpc) is 2.97. The summed E-state index contributed by atoms with van der Waals surface area (Å²) in [5.74, 6) is -0.489. The average molecular weight is 618 g/mol. The van der Waals surface area contributed by atoms with Gasteiger partial charge >= 0.3 is 6.18 Å². The minimum atomic E-state index is -4.72. The molecule has 2 aliphatic heterocycles. The molecule has 228 valence electrons. The van der Waals surface area contributed by atoms with E-state index < -0.39 is 28.7 Å². The number of alkyl halides is 3. The van der Waals surface area contributed by atoms with Gasteiger partial charge in [-0.25, -0.2) is 9.55 Å². The number of halogens is 4. The molecule has 3 aromatic rings. The number of fused-ring (bicyclic) bond motifs is 1. The van der Waals surface area contributed by atoms with Crippen LogP contribution in [0.15, 0.2) is 47.3 Å². The summed E-state index contributed by atoms with van der Waals surface area (Å²) >= 11 is 5.75. The highest BCUT2D eigenvalue weighted by atomic mass is 35.5. The summed E-state index contributed by atoms with van der Waals surface area (Å²) in [5.41, 5.74) is 0.187. The van der Waals surface area contributed by atoms with E-state index in [0.717, 1.165) is 12.1 Å². The summed E-state index contributed by atoms with van der Waals surface area (Å²) < 4.78 is 47.1. The van der Waals surface area contributed by atoms with Crippen LogP contribution < -0.4 is 10.9 Å². The van der Waals surface area contributed by atoms with Gasteiger partial charge in [0.2, 0.25) is 5.95 Å². The van der Waals surface area contributed by atoms with Crippen molar-refractivity contribution in [3.05, 3.63) is 85.8 Å². The zero-order valence-electron chi connectivity index (χ0n) is 23.9. The van der Waals surface area contributed by atoms with Gasteiger partial charge in [-0.1, -0.05) is 11.6 Å². The van der Waals surface area contributed by atoms with Gasteiger partial charge < -0.3 is 19.9 Å². The van der Waals surface area contributed by atoms with Crippen molar-refractivity contribution in [2.24, 2.45) is 0 Å². The molecule has 0 aliphatic carbocycles. The van der Waals surface area contributed by atoms with Crippen LogP contribution in [0.3, 0.4) is 0 Å². The van der Waals surface area contributed by atoms with E-state index in [4.69, 9.17) is 21.3 Å². The van der Waals surface area contributed by atoms with Gasteiger partial charge in [0.05, 0.1) is 41.7 Å². The van der Waals surface area contributed by atoms with E-state index in [9.17, 15) is 27.6 Å². The fraction of sp³-hybridized carbons (Fsp3) is 0.400. The zero-order valence-corrected chi connectivity index (χ0v) is 24.6. The lowest BCUT2D eigenvalue weighted by atomic mass is 9.98. The maximum atomic E-state index is 13.9. The first-order valence-corrected chi connectivity index (χ1v) is 14.3. The maximum absolute atomic E-state index is 13.9. The van der Waals surface area contributed by atoms with Gasteiger partial charge in [0.1, 0.15) is 0 Å². The molecule has 0 radical (unpaired) electrons. The van der Waals surface area contributed by atoms with Crippen LogP contribution in [0.5, 0.6) is 0 Å². The molecule has 5 rings (SSSR count). The number of nitrogens with one attached hydrogen (secondary N) is 1. The minimum absolute atomic E-state index is 0.0604. The maximum Gasteiger partial charge on any atom is 0.417 e. The quantitative estimate of drug-likeness (QED) is 0.443. The van der Waals surface area contributed by atoms with Crippen molar-refractivity contribution in [2.75, 3.05) is 31.6 Å². The van der Waals surface area contributed by atoms with Gasteiger partial charge in [-0.2, -0.15) is 13.2 Å². The van der Waals surface area contributed by atoms with Crippen molar-refractivity contribution in [1.82, 2.24) is 19.4 Å². The molecule has 2 aliphatic rings. The van der Waals surface area contributed by atoms with Crippen LogP contribution >= 0.6 is 11.6 Å². The largest absolute Gasteiger partial charge is 0.417 e. The van der Waals surface area contributed by atoms with Gasteiger partial charge in [-0.05, 0) is 69.7 Å². The summed E-state index contributed by atoms with van der Waals surface area (Å²) in [6.45, 7) is 7.44. The Balaban J connectivity index is 1.48. The van der Waals surface area contributed by atoms with Crippen molar-refractivity contribution in [1.29, 1.82) is 0 Å². The van der Waals surface area contributed by atoms with E-state index in [0.29, 0.717) is 48.8 Å². The molecule has 3 heterocycles. The first-order chi connectivity index (χ1) is 20.3. The van der Waals surface area contributed by atoms with Gasteiger partial charge in [0.25, 0.3) is 17.4 Å². The van der Waals surface area contributed by atoms with Crippen LogP contribution in [0.1, 0.15) is 58.3 Å². The van der Waals surface area contributed by atoms with E-state index >= 15 is 0 Å². The minimum Gasteiger partial charge on any atom is -0.378 e. The van der Waals surface area contributed by atoms with Crippen LogP contribution in [-0.2, 0) is 23.9 Å². The highest BCUT2D eigenvalue weighted by molar-refractivity contribution is 6.31. The van der Waals surface area contributed by atoms with Crippen LogP contribution in [0.4, 0.5) is 19.1 Å². The molecule has 2 aromatic carbocycles. The third kappa shape index (κ3) is 6.25. The molecule has 1 saturated heterocycles. The van der Waals surface area contributed by atoms with Gasteiger partial charge in [0.15, 0.2) is 0 Å². The summed E-state index contributed by atoms with van der Waals surface area (Å²) in [6, 6.07) is 9.18. The molecule has 1 aromatic heterocycles. The van der Waals surface area contributed by atoms with Crippen LogP contribution in [0.25, 0.3) is 5.69 Å². The summed E-state index contributed by atoms with van der Waals surface area (Å²) in [6.07, 6.45) is -4.56. The molecule has 43 heavy (non-hydrogen) atoms. The highest BCUT2D eigenvalue weighted by Gasteiger charge is 2.36. The van der Waals surface area contributed by atoms with Crippen molar-refractivity contribution < 1.29 is 27.5 Å². The summed E-state index contributed by atoms with van der Waals surface area (Å²) in [4.78, 5) is 48.1. The molecule has 0 spiro atoms. The van der Waals surface area contributed by atoms with Gasteiger partial charge in [-0.3, -0.25) is 14.4 Å². The SMILES string of the molecule is CC(C)Nc1nc2c(c(=O)n1-c1ccc(C(=O)N3CCOCC3)cc1)C[C@@H](C)N(C(=O)c1ccc(Cl)c(C(F)(F)F)c1)C2. The second kappa shape index (κ2) is 12.0. The second-order valence-electron chi connectivity index (χ2n) is 10.9. The molecule has 1 N–H and O–H groups in total. The molecule has 0 saturated carbocycles. The van der Waals surface area contributed by atoms with E-state index in [1.807, 2.05) is 13.8 Å². The summed E-state index contributed by atoms with van der Waals surface area (Å²) in [5, 5.41) is 2.69. The fourth-order valence-electron chi connectivity index (χ4n) is 5.27. The number of nitrogens with zero attached hydrogens (tertiary/aromatic N) is 4. The van der Waals surface area contributed by atoms with E-state index in [1.54, 1.807) is 36.1 Å². The van der Waals surface area contributed by atoms with Gasteiger partial charge in [0, 0.05) is 41.9 Å². The molecule has 1 fully saturated rings. The Morgan fingerprint density at radius 3 is 2.33 bits per heavy atom. The van der Waals surface area contributed by atoms with Crippen molar-refractivity contribution in [3.63, 3.8) is 0 Å². The molecule has 0 unspecified atom stereocenters. The molecule has 9 nitrogen and oxygen atoms in total. The number of benzene rings is 2. The number of morpholine rings is 1. The van der Waals surface area contributed by atoms with E-state index in [2.05, 4.69) is 5.32 Å². The predicted octanol–water partition coefficient (Wildman–Crippen LogP) is 4.78. The highest BCUT2D eigenvalue weighted by Crippen LogP contribution is 2.36. The topological polar surface area (TPSA) is 96.8 Å². The Hall–Kier alpha value is -3.90. The Morgan fingerprint density at radius 2 is 1.70 bits per heavy atom. The number of ether oxygens (including phenoxy) is 1. The zero-order chi connectivity index (χ0) is 31.1. The van der Waals surface area contributed by atoms with Crippen molar-refractivity contribution in [2.45, 2.75) is 52.0 Å². The molecule has 2 amide bonds. The molecular weight excluding hydrogens is 587 g/mol. The van der Waals surface area contributed by atoms with E-state index in [1.165, 1.54) is 15.5 Å². The number of hydrogen-bond donors (Lipinski definition) is 1. The number of carbonyl (C=O) groups excluding carboxylic acids is 2. The lowest BCUT2D eigenvalue weighted by Gasteiger charge is -2.35. The smallest absolute Gasteiger partial charge is 0.378 e. The Kier molecular flexibility index (Phi) is 8.53. The van der Waals surface area contributed by atoms with Gasteiger partial charge in [-0.15, -0.1) is 0 Å². The molecular formula is C30H31ClF3N5O4. The van der Waals surface area contributed by atoms with Crippen molar-refractivity contribution >= 4 is 29.4 Å². The monoisotopic (exact) mass is 617 g/mol. The Morgan fingerprint density at radius 1 is 1.05 bits per heavy atom. The number of carbonyl (C=O) groups is 2. The predicted molar refractivity (Wildman–Crippen MR) is 155 cm³/mol. The molecule has 13 heteroatoms. The second-order valence-corrected chi connectivity index (χ2v) is 11.3. The fourth-order valence-corrected chi connectivity index (χ4v) is 5.49. The van der Waals surface area contributed by atoms with Crippen LogP contribution in [-0.4, -0.2) is 69.6 Å². The number of amides is 2. The first-order valence-electron chi connectivity index (χ1n) is 13.9. The number of anilines is 1. The number of hydrogen-bond acceptors (Lipinski definition) is 6. The number of rotatable bonds is 5. The Labute approximate surface area is 251 Å². The third-order valence-electron chi connectivity index (χ3n) is 7.48. The Bertz CT molecular complexity index is 1600. The van der Waals surface area contributed by atoms with Crippen LogP contribution in [0, 0.1) is 0 Å². The first kappa shape index (κ1) is 30.6. The van der Waals surface area contributed by atoms with Crippen LogP contribution in [0.2, 0.25) is 5.02 Å². The molecule has 1 atom stereocenters. The lowest BCUT2D eigenvalue weighted by Crippen LogP contribution is -2.46. The summed E-state index contributed by atoms with van der Waals surface area (Å²) in [7, 11) is 0. The van der Waals surface area contributed by atoms with E-state index in [-0.39, 0.29) is 42.0 Å². The standard InChI is InChI=1S/C30H31ClF3N5O4/c1-17(2)35-29-36-25-16-38(27(41)20-6-9-24(31)23(15-20)30(32,33)34)18(3)14-22(25)28(42)39(29)21-7-4-19(5-8-21)26(40)37-10-12-43-13-11-37/h4-9,15,17-18H,10-14,16H2,1-3H3,(H,35,36)/t18-/m1/s1. The molecule has 0 bridgehead atoms. The lowest BCUT2D eigenvalue weighted by molar-refractivity contribution is -0.137. The third-order valence-corrected chi connectivity index (χ3v) is 7.81. The number of aromatic nitrogens is 2. The van der Waals surface area contributed by atoms with Crippen molar-refractivity contribution in [3.8, 4) is 5.69 Å².